The molecule has 3 fully saturated rings. The number of aromatic carboxylic acids is 1. The normalized spacial score (nSPS) is 19.4. The van der Waals surface area contributed by atoms with E-state index < -0.39 is 17.4 Å². The standard InChI is InChI=1S/C40H49FN6O6/c1-24(2)26-9-7-8-10-27(26)31-23-46(38(50)53-39(3,4)5)15-16-47(31)25-19-40(20-25)11-13-45(14-12-40)34-18-32(29(21-42-34)37(48)49)52-33-17-28-30(41)22-43-35(28)44-36(33)51-6/h7-10,17-18,21-22,24-25,31H,11-16,19-20,23H2,1-6H3,(H,43,44)(H,48,49)/t31-/m0/s1. The maximum atomic E-state index is 14.4. The van der Waals surface area contributed by atoms with Gasteiger partial charge in [0.15, 0.2) is 5.75 Å². The van der Waals surface area contributed by atoms with Crippen molar-refractivity contribution in [3.63, 3.8) is 0 Å². The number of ether oxygens (including phenoxy) is 3. The molecule has 2 saturated heterocycles. The van der Waals surface area contributed by atoms with Gasteiger partial charge in [-0.1, -0.05) is 38.1 Å². The van der Waals surface area contributed by atoms with Crippen LogP contribution < -0.4 is 14.4 Å². The van der Waals surface area contributed by atoms with Gasteiger partial charge in [-0.15, -0.1) is 0 Å². The van der Waals surface area contributed by atoms with E-state index in [1.54, 1.807) is 6.07 Å². The lowest BCUT2D eigenvalue weighted by atomic mass is 9.59. The van der Waals surface area contributed by atoms with E-state index in [1.807, 2.05) is 25.7 Å². The summed E-state index contributed by atoms with van der Waals surface area (Å²) in [5, 5.41) is 10.1. The van der Waals surface area contributed by atoms with Crippen LogP contribution in [-0.4, -0.2) is 93.4 Å². The molecule has 53 heavy (non-hydrogen) atoms. The minimum Gasteiger partial charge on any atom is -0.478 e. The molecule has 1 spiro atoms. The van der Waals surface area contributed by atoms with Crippen molar-refractivity contribution in [3.05, 3.63) is 71.3 Å². The van der Waals surface area contributed by atoms with Crippen LogP contribution in [0.15, 0.2) is 48.8 Å². The monoisotopic (exact) mass is 728 g/mol. The number of fused-ring (bicyclic) bond motifs is 1. The molecular weight excluding hydrogens is 679 g/mol. The van der Waals surface area contributed by atoms with Crippen LogP contribution in [0.25, 0.3) is 11.0 Å². The molecule has 4 aromatic rings. The van der Waals surface area contributed by atoms with Crippen molar-refractivity contribution in [2.45, 2.75) is 83.9 Å². The van der Waals surface area contributed by atoms with Gasteiger partial charge in [0.1, 0.15) is 34.2 Å². The zero-order chi connectivity index (χ0) is 37.7. The topological polar surface area (TPSA) is 133 Å². The number of hydrogen-bond donors (Lipinski definition) is 2. The van der Waals surface area contributed by atoms with E-state index in [0.717, 1.165) is 45.3 Å². The third-order valence-electron chi connectivity index (χ3n) is 11.0. The zero-order valence-electron chi connectivity index (χ0n) is 31.3. The van der Waals surface area contributed by atoms with Gasteiger partial charge in [-0.05, 0) is 68.9 Å². The Balaban J connectivity index is 1.05. The molecule has 0 unspecified atom stereocenters. The van der Waals surface area contributed by atoms with Gasteiger partial charge in [-0.25, -0.2) is 19.0 Å². The molecule has 7 rings (SSSR count). The minimum absolute atomic E-state index is 0.0696. The number of methoxy groups -OCH3 is 1. The number of rotatable bonds is 8. The molecule has 1 aromatic carbocycles. The van der Waals surface area contributed by atoms with Gasteiger partial charge in [0.05, 0.1) is 18.5 Å². The number of aromatic amines is 1. The molecule has 2 aliphatic heterocycles. The number of carboxylic acids is 1. The molecule has 3 aromatic heterocycles. The molecule has 0 bridgehead atoms. The Morgan fingerprint density at radius 2 is 1.79 bits per heavy atom. The number of halogens is 1. The first-order chi connectivity index (χ1) is 25.2. The van der Waals surface area contributed by atoms with Gasteiger partial charge in [-0.2, -0.15) is 4.98 Å². The summed E-state index contributed by atoms with van der Waals surface area (Å²) in [7, 11) is 1.42. The van der Waals surface area contributed by atoms with Gasteiger partial charge in [0, 0.05) is 63.3 Å². The summed E-state index contributed by atoms with van der Waals surface area (Å²) in [6, 6.07) is 12.2. The first-order valence-electron chi connectivity index (χ1n) is 18.4. The summed E-state index contributed by atoms with van der Waals surface area (Å²) in [5.41, 5.74) is 2.42. The Hall–Kier alpha value is -4.91. The average Bonchev–Trinajstić information content (AvgIpc) is 3.48. The number of pyridine rings is 2. The summed E-state index contributed by atoms with van der Waals surface area (Å²) < 4.78 is 31.6. The molecule has 13 heteroatoms. The number of H-pyrrole nitrogens is 1. The molecule has 1 aliphatic carbocycles. The molecular formula is C40H49FN6O6. The lowest BCUT2D eigenvalue weighted by Crippen LogP contribution is -2.60. The Kier molecular flexibility index (Phi) is 9.73. The quantitative estimate of drug-likeness (QED) is 0.185. The summed E-state index contributed by atoms with van der Waals surface area (Å²) in [6.45, 7) is 13.7. The van der Waals surface area contributed by atoms with Crippen LogP contribution in [0.1, 0.15) is 93.7 Å². The Morgan fingerprint density at radius 3 is 2.47 bits per heavy atom. The van der Waals surface area contributed by atoms with Gasteiger partial charge in [-0.3, -0.25) is 4.90 Å². The molecule has 5 heterocycles. The third kappa shape index (κ3) is 7.36. The molecule has 1 amide bonds. The number of benzene rings is 1. The lowest BCUT2D eigenvalue weighted by molar-refractivity contribution is -0.0644. The maximum Gasteiger partial charge on any atom is 0.410 e. The molecule has 1 saturated carbocycles. The van der Waals surface area contributed by atoms with Crippen LogP contribution in [0, 0.1) is 11.2 Å². The Bertz CT molecular complexity index is 1990. The van der Waals surface area contributed by atoms with Gasteiger partial charge in [0.2, 0.25) is 0 Å². The average molecular weight is 729 g/mol. The number of amides is 1. The number of piperazine rings is 1. The van der Waals surface area contributed by atoms with E-state index >= 15 is 0 Å². The largest absolute Gasteiger partial charge is 0.478 e. The number of nitrogens with one attached hydrogen (secondary N) is 1. The van der Waals surface area contributed by atoms with Crippen LogP contribution in [-0.2, 0) is 4.74 Å². The summed E-state index contributed by atoms with van der Waals surface area (Å²) in [5.74, 6) is -0.476. The van der Waals surface area contributed by atoms with Crippen LogP contribution in [0.2, 0.25) is 0 Å². The second-order valence-corrected chi connectivity index (χ2v) is 16.0. The zero-order valence-corrected chi connectivity index (χ0v) is 31.3. The van der Waals surface area contributed by atoms with E-state index in [2.05, 4.69) is 62.9 Å². The van der Waals surface area contributed by atoms with Gasteiger partial charge < -0.3 is 34.1 Å². The van der Waals surface area contributed by atoms with Crippen molar-refractivity contribution < 1.29 is 33.3 Å². The predicted octanol–water partition coefficient (Wildman–Crippen LogP) is 7.76. The highest BCUT2D eigenvalue weighted by Gasteiger charge is 2.50. The fourth-order valence-electron chi connectivity index (χ4n) is 8.30. The van der Waals surface area contributed by atoms with E-state index in [0.29, 0.717) is 36.5 Å². The number of aromatic nitrogens is 3. The number of carbonyl (C=O) groups is 2. The summed E-state index contributed by atoms with van der Waals surface area (Å²) >= 11 is 0. The van der Waals surface area contributed by atoms with E-state index in [4.69, 9.17) is 14.2 Å². The van der Waals surface area contributed by atoms with Crippen molar-refractivity contribution in [1.29, 1.82) is 0 Å². The second-order valence-electron chi connectivity index (χ2n) is 16.0. The van der Waals surface area contributed by atoms with Gasteiger partial charge in [0.25, 0.3) is 5.88 Å². The first-order valence-corrected chi connectivity index (χ1v) is 18.4. The highest BCUT2D eigenvalue weighted by Crippen LogP contribution is 2.53. The second kappa shape index (κ2) is 14.1. The van der Waals surface area contributed by atoms with Crippen LogP contribution in [0.5, 0.6) is 17.4 Å². The van der Waals surface area contributed by atoms with Crippen LogP contribution >= 0.6 is 0 Å². The minimum atomic E-state index is -1.20. The summed E-state index contributed by atoms with van der Waals surface area (Å²) in [6.07, 6.45) is 6.36. The number of anilines is 1. The lowest BCUT2D eigenvalue weighted by Gasteiger charge is -2.58. The molecule has 0 radical (unpaired) electrons. The maximum absolute atomic E-state index is 14.4. The third-order valence-corrected chi connectivity index (χ3v) is 11.0. The predicted molar refractivity (Wildman–Crippen MR) is 199 cm³/mol. The van der Waals surface area contributed by atoms with E-state index in [1.165, 1.54) is 36.7 Å². The number of carbonyl (C=O) groups excluding carboxylic acids is 1. The number of hydrogen-bond acceptors (Lipinski definition) is 9. The number of piperidine rings is 1. The smallest absolute Gasteiger partial charge is 0.410 e. The van der Waals surface area contributed by atoms with Crippen LogP contribution in [0.4, 0.5) is 15.0 Å². The Morgan fingerprint density at radius 1 is 1.06 bits per heavy atom. The Labute approximate surface area is 309 Å². The highest BCUT2D eigenvalue weighted by atomic mass is 19.1. The van der Waals surface area contributed by atoms with Crippen molar-refractivity contribution in [2.75, 3.05) is 44.7 Å². The molecule has 2 N–H and O–H groups in total. The highest BCUT2D eigenvalue weighted by molar-refractivity contribution is 5.91. The molecule has 282 valence electrons. The summed E-state index contributed by atoms with van der Waals surface area (Å²) in [4.78, 5) is 43.6. The van der Waals surface area contributed by atoms with E-state index in [-0.39, 0.29) is 45.9 Å². The fourth-order valence-corrected chi connectivity index (χ4v) is 8.30. The first kappa shape index (κ1) is 36.4. The fraction of sp³-hybridized carbons (Fsp3) is 0.500. The van der Waals surface area contributed by atoms with Crippen molar-refractivity contribution >= 4 is 28.9 Å². The van der Waals surface area contributed by atoms with Gasteiger partial charge >= 0.3 is 12.1 Å². The van der Waals surface area contributed by atoms with Crippen molar-refractivity contribution in [3.8, 4) is 17.4 Å². The molecule has 1 atom stereocenters. The molecule has 12 nitrogen and oxygen atoms in total. The SMILES string of the molecule is COc1nc2[nH]cc(F)c2cc1Oc1cc(N2CCC3(CC2)CC(N2CCN(C(=O)OC(C)(C)C)C[C@H]2c2ccccc2C(C)C)C3)ncc1C(=O)O. The van der Waals surface area contributed by atoms with Crippen molar-refractivity contribution in [2.24, 2.45) is 5.41 Å². The van der Waals surface area contributed by atoms with E-state index in [9.17, 15) is 19.1 Å². The van der Waals surface area contributed by atoms with Crippen LogP contribution in [0.3, 0.4) is 0 Å². The van der Waals surface area contributed by atoms with Crippen molar-refractivity contribution in [1.82, 2.24) is 24.8 Å². The number of carboxylic acid groups (broad SMARTS) is 1. The molecule has 3 aliphatic rings. The number of nitrogens with zero attached hydrogens (tertiary/aromatic N) is 5.